The van der Waals surface area contributed by atoms with Crippen LogP contribution in [0.2, 0.25) is 0 Å². The van der Waals surface area contributed by atoms with Gasteiger partial charge in [0.1, 0.15) is 0 Å². The fourth-order valence-corrected chi connectivity index (χ4v) is 6.05. The van der Waals surface area contributed by atoms with Gasteiger partial charge in [-0.25, -0.2) is 0 Å². The van der Waals surface area contributed by atoms with Crippen molar-refractivity contribution in [2.24, 2.45) is 0 Å². The van der Waals surface area contributed by atoms with Gasteiger partial charge >= 0.3 is 12.4 Å². The number of piperidine rings is 1. The Kier molecular flexibility index (Phi) is 7.94. The maximum absolute atomic E-state index is 13.1. The van der Waals surface area contributed by atoms with Crippen molar-refractivity contribution in [3.8, 4) is 0 Å². The fourth-order valence-electron chi connectivity index (χ4n) is 6.05. The van der Waals surface area contributed by atoms with E-state index in [1.165, 1.54) is 35.5 Å². The van der Waals surface area contributed by atoms with Crippen molar-refractivity contribution in [1.82, 2.24) is 4.90 Å². The number of rotatable bonds is 7. The highest BCUT2D eigenvalue weighted by Crippen LogP contribution is 2.36. The van der Waals surface area contributed by atoms with Crippen LogP contribution >= 0.6 is 0 Å². The highest BCUT2D eigenvalue weighted by molar-refractivity contribution is 5.58. The minimum atomic E-state index is -4.44. The van der Waals surface area contributed by atoms with Gasteiger partial charge in [0.2, 0.25) is 0 Å². The molecule has 0 atom stereocenters. The van der Waals surface area contributed by atoms with Crippen LogP contribution < -0.4 is 4.90 Å². The summed E-state index contributed by atoms with van der Waals surface area (Å²) < 4.78 is 78.6. The number of alkyl halides is 6. The van der Waals surface area contributed by atoms with Crippen LogP contribution in [0.3, 0.4) is 0 Å². The third kappa shape index (κ3) is 6.43. The number of halogens is 6. The molecule has 2 heterocycles. The topological polar surface area (TPSA) is 6.48 Å². The van der Waals surface area contributed by atoms with Crippen molar-refractivity contribution in [2.45, 2.75) is 56.4 Å². The summed E-state index contributed by atoms with van der Waals surface area (Å²) in [4.78, 5) is 4.97. The van der Waals surface area contributed by atoms with E-state index in [1.54, 1.807) is 0 Å². The molecule has 0 aromatic heterocycles. The van der Waals surface area contributed by atoms with Gasteiger partial charge < -0.3 is 9.80 Å². The lowest BCUT2D eigenvalue weighted by molar-refractivity contribution is -0.138. The zero-order valence-electron chi connectivity index (χ0n) is 21.6. The van der Waals surface area contributed by atoms with Crippen molar-refractivity contribution < 1.29 is 26.3 Å². The molecule has 208 valence electrons. The summed E-state index contributed by atoms with van der Waals surface area (Å²) in [6.45, 7) is 3.87. The van der Waals surface area contributed by atoms with Crippen molar-refractivity contribution in [2.75, 3.05) is 31.1 Å². The minimum absolute atomic E-state index is 0.284. The summed E-state index contributed by atoms with van der Waals surface area (Å²) in [5, 5.41) is 0. The van der Waals surface area contributed by atoms with E-state index in [0.29, 0.717) is 23.6 Å². The molecule has 0 unspecified atom stereocenters. The molecular formula is C31H32F6N2. The molecule has 0 radical (unpaired) electrons. The molecule has 0 spiro atoms. The number of hydrogen-bond donors (Lipinski definition) is 0. The number of nitrogens with zero attached hydrogens (tertiary/aromatic N) is 2. The highest BCUT2D eigenvalue weighted by atomic mass is 19.4. The molecule has 0 saturated carbocycles. The second-order valence-electron chi connectivity index (χ2n) is 10.6. The molecular weight excluding hydrogens is 514 g/mol. The Bertz CT molecular complexity index is 1170. The van der Waals surface area contributed by atoms with Gasteiger partial charge in [-0.2, -0.15) is 26.3 Å². The maximum Gasteiger partial charge on any atom is 0.416 e. The third-order valence-corrected chi connectivity index (χ3v) is 8.17. The molecule has 2 nitrogen and oxygen atoms in total. The molecule has 8 heteroatoms. The van der Waals surface area contributed by atoms with Crippen molar-refractivity contribution >= 4 is 5.69 Å². The number of hydrogen-bond acceptors (Lipinski definition) is 2. The van der Waals surface area contributed by atoms with E-state index >= 15 is 0 Å². The Morgan fingerprint density at radius 2 is 1.23 bits per heavy atom. The first kappa shape index (κ1) is 27.6. The van der Waals surface area contributed by atoms with Gasteiger partial charge in [0, 0.05) is 37.3 Å². The van der Waals surface area contributed by atoms with Crippen LogP contribution in [0.4, 0.5) is 32.0 Å². The van der Waals surface area contributed by atoms with Crippen LogP contribution in [-0.2, 0) is 18.8 Å². The second-order valence-corrected chi connectivity index (χ2v) is 10.6. The third-order valence-electron chi connectivity index (χ3n) is 8.17. The van der Waals surface area contributed by atoms with Crippen LogP contribution in [0.1, 0.15) is 59.4 Å². The van der Waals surface area contributed by atoms with E-state index in [2.05, 4.69) is 34.1 Å². The summed E-state index contributed by atoms with van der Waals surface area (Å²) in [7, 11) is 0. The molecule has 0 aliphatic carbocycles. The molecule has 0 bridgehead atoms. The number of anilines is 1. The second kappa shape index (κ2) is 11.2. The predicted octanol–water partition coefficient (Wildman–Crippen LogP) is 8.16. The van der Waals surface area contributed by atoms with Crippen LogP contribution in [0.25, 0.3) is 0 Å². The zero-order chi connectivity index (χ0) is 27.6. The zero-order valence-corrected chi connectivity index (χ0v) is 21.6. The highest BCUT2D eigenvalue weighted by Gasteiger charge is 2.32. The summed E-state index contributed by atoms with van der Waals surface area (Å²) in [6.07, 6.45) is -4.20. The summed E-state index contributed by atoms with van der Waals surface area (Å²) in [5.41, 5.74) is 2.65. The summed E-state index contributed by atoms with van der Waals surface area (Å²) >= 11 is 0. The average molecular weight is 547 g/mol. The Morgan fingerprint density at radius 3 is 1.77 bits per heavy atom. The number of benzene rings is 3. The van der Waals surface area contributed by atoms with Gasteiger partial charge in [-0.05, 0) is 85.7 Å². The van der Waals surface area contributed by atoms with Gasteiger partial charge in [0.15, 0.2) is 0 Å². The molecule has 5 rings (SSSR count). The predicted molar refractivity (Wildman–Crippen MR) is 141 cm³/mol. The smallest absolute Gasteiger partial charge is 0.368 e. The number of fused-ring (bicyclic) bond motifs is 1. The first-order chi connectivity index (χ1) is 18.6. The van der Waals surface area contributed by atoms with Crippen molar-refractivity contribution in [3.63, 3.8) is 0 Å². The number of para-hydroxylation sites is 1. The Morgan fingerprint density at radius 1 is 0.692 bits per heavy atom. The van der Waals surface area contributed by atoms with Crippen LogP contribution in [0, 0.1) is 0 Å². The average Bonchev–Trinajstić information content (AvgIpc) is 3.35. The summed E-state index contributed by atoms with van der Waals surface area (Å²) in [5.74, 6) is -0.284. The molecule has 2 aliphatic rings. The minimum Gasteiger partial charge on any atom is -0.368 e. The SMILES string of the molecule is FC(F)(F)c1ccc(C(CCCN2CCC(N3CCc4ccccc43)CC2)c2ccc(C(F)(F)F)cc2)cc1. The maximum atomic E-state index is 13.1. The van der Waals surface area contributed by atoms with E-state index < -0.39 is 23.5 Å². The lowest BCUT2D eigenvalue weighted by atomic mass is 9.86. The molecule has 0 amide bonds. The molecule has 0 N–H and O–H groups in total. The molecule has 2 aliphatic heterocycles. The molecule has 1 fully saturated rings. The monoisotopic (exact) mass is 546 g/mol. The lowest BCUT2D eigenvalue weighted by Gasteiger charge is -2.38. The Labute approximate surface area is 225 Å². The van der Waals surface area contributed by atoms with Gasteiger partial charge in [-0.1, -0.05) is 42.5 Å². The Balaban J connectivity index is 1.22. The van der Waals surface area contributed by atoms with Gasteiger partial charge in [0.25, 0.3) is 0 Å². The van der Waals surface area contributed by atoms with Gasteiger partial charge in [-0.3, -0.25) is 0 Å². The fraction of sp³-hybridized carbons (Fsp3) is 0.419. The molecule has 1 saturated heterocycles. The molecule has 3 aromatic rings. The van der Waals surface area contributed by atoms with Gasteiger partial charge in [-0.15, -0.1) is 0 Å². The normalized spacial score (nSPS) is 17.2. The van der Waals surface area contributed by atoms with E-state index in [1.807, 2.05) is 0 Å². The first-order valence-electron chi connectivity index (χ1n) is 13.5. The van der Waals surface area contributed by atoms with Crippen LogP contribution in [-0.4, -0.2) is 37.1 Å². The van der Waals surface area contributed by atoms with Crippen molar-refractivity contribution in [1.29, 1.82) is 0 Å². The largest absolute Gasteiger partial charge is 0.416 e. The molecule has 3 aromatic carbocycles. The van der Waals surface area contributed by atoms with E-state index in [9.17, 15) is 26.3 Å². The van der Waals surface area contributed by atoms with Crippen LogP contribution in [0.15, 0.2) is 72.8 Å². The van der Waals surface area contributed by atoms with Crippen molar-refractivity contribution in [3.05, 3.63) is 101 Å². The quantitative estimate of drug-likeness (QED) is 0.276. The number of likely N-dealkylation sites (tertiary alicyclic amines) is 1. The first-order valence-corrected chi connectivity index (χ1v) is 13.5. The van der Waals surface area contributed by atoms with E-state index in [0.717, 1.165) is 76.1 Å². The van der Waals surface area contributed by atoms with E-state index in [4.69, 9.17) is 0 Å². The van der Waals surface area contributed by atoms with Gasteiger partial charge in [0.05, 0.1) is 11.1 Å². The standard InChI is InChI=1S/C31H32F6N2/c32-30(33,34)25-11-7-22(8-12-25)28(23-9-13-26(14-10-23)31(35,36)37)5-3-18-38-19-16-27(17-20-38)39-21-15-24-4-1-2-6-29(24)39/h1-2,4,6-14,27-28H,3,5,15-21H2. The van der Waals surface area contributed by atoms with Crippen LogP contribution in [0.5, 0.6) is 0 Å². The molecule has 39 heavy (non-hydrogen) atoms. The lowest BCUT2D eigenvalue weighted by Crippen LogP contribution is -2.44. The van der Waals surface area contributed by atoms with E-state index in [-0.39, 0.29) is 5.92 Å². The Hall–Kier alpha value is -3.00. The summed E-state index contributed by atoms with van der Waals surface area (Å²) in [6, 6.07) is 19.1.